The SMILES string of the molecule is CCC(C)CCCCCCCCCCCCCCCCCCCCC(=O)O[C@H](COC(=O)CCCCCCCCC(C)CC)COP(=O)(O)OC[C@H](O)COP(=O)(O)OC[C@@H](COC(=O)CCCCCCCCCCCCC(C)CC)OC(=O)CCCCCCCCCCCCCCC(C)C. The van der Waals surface area contributed by atoms with Crippen LogP contribution in [-0.4, -0.2) is 96.7 Å². The van der Waals surface area contributed by atoms with Crippen molar-refractivity contribution < 1.29 is 80.2 Å². The van der Waals surface area contributed by atoms with Crippen LogP contribution in [-0.2, 0) is 65.4 Å². The van der Waals surface area contributed by atoms with Gasteiger partial charge in [-0.05, 0) is 49.4 Å². The number of phosphoric ester groups is 2. The summed E-state index contributed by atoms with van der Waals surface area (Å²) in [5.41, 5.74) is 0. The van der Waals surface area contributed by atoms with Gasteiger partial charge in [0.05, 0.1) is 26.4 Å². The molecular formula is C82H160O17P2. The predicted octanol–water partition coefficient (Wildman–Crippen LogP) is 24.4. The van der Waals surface area contributed by atoms with E-state index in [-0.39, 0.29) is 25.7 Å². The monoisotopic (exact) mass is 1480 g/mol. The maximum absolute atomic E-state index is 13.1. The molecule has 0 aliphatic rings. The Labute approximate surface area is 619 Å². The average Bonchev–Trinajstić information content (AvgIpc) is 0.959. The largest absolute Gasteiger partial charge is 0.472 e. The molecule has 0 aliphatic heterocycles. The quantitative estimate of drug-likeness (QED) is 0.0222. The minimum absolute atomic E-state index is 0.106. The number of aliphatic hydroxyl groups excluding tert-OH is 1. The zero-order chi connectivity index (χ0) is 74.6. The number of carbonyl (C=O) groups is 4. The van der Waals surface area contributed by atoms with E-state index in [1.807, 2.05) is 0 Å². The molecule has 0 spiro atoms. The average molecular weight is 1480 g/mol. The van der Waals surface area contributed by atoms with E-state index in [0.717, 1.165) is 120 Å². The first-order valence-electron chi connectivity index (χ1n) is 42.3. The highest BCUT2D eigenvalue weighted by Crippen LogP contribution is 2.45. The summed E-state index contributed by atoms with van der Waals surface area (Å²) in [5.74, 6) is 1.07. The van der Waals surface area contributed by atoms with E-state index in [1.54, 1.807) is 0 Å². The molecule has 0 heterocycles. The third-order valence-corrected chi connectivity index (χ3v) is 22.1. The van der Waals surface area contributed by atoms with Crippen molar-refractivity contribution in [3.63, 3.8) is 0 Å². The molecule has 3 N–H and O–H groups in total. The summed E-state index contributed by atoms with van der Waals surface area (Å²) in [6.45, 7) is 14.3. The zero-order valence-electron chi connectivity index (χ0n) is 66.5. The Morgan fingerprint density at radius 2 is 0.475 bits per heavy atom. The molecule has 101 heavy (non-hydrogen) atoms. The zero-order valence-corrected chi connectivity index (χ0v) is 68.3. The van der Waals surface area contributed by atoms with Crippen LogP contribution >= 0.6 is 15.6 Å². The lowest BCUT2D eigenvalue weighted by Crippen LogP contribution is -2.30. The molecule has 0 saturated carbocycles. The van der Waals surface area contributed by atoms with Crippen LogP contribution in [0.1, 0.15) is 421 Å². The van der Waals surface area contributed by atoms with Gasteiger partial charge in [-0.25, -0.2) is 9.13 Å². The van der Waals surface area contributed by atoms with Crippen LogP contribution < -0.4 is 0 Å². The number of ether oxygens (including phenoxy) is 4. The maximum Gasteiger partial charge on any atom is 0.472 e. The summed E-state index contributed by atoms with van der Waals surface area (Å²) < 4.78 is 68.7. The van der Waals surface area contributed by atoms with Crippen molar-refractivity contribution in [1.29, 1.82) is 0 Å². The molecule has 0 fully saturated rings. The van der Waals surface area contributed by atoms with Crippen LogP contribution in [0.5, 0.6) is 0 Å². The fraction of sp³-hybridized carbons (Fsp3) is 0.951. The van der Waals surface area contributed by atoms with Gasteiger partial charge in [-0.3, -0.25) is 37.3 Å². The summed E-state index contributed by atoms with van der Waals surface area (Å²) in [4.78, 5) is 73.0. The van der Waals surface area contributed by atoms with Gasteiger partial charge >= 0.3 is 39.5 Å². The van der Waals surface area contributed by atoms with Gasteiger partial charge in [-0.15, -0.1) is 0 Å². The van der Waals surface area contributed by atoms with Gasteiger partial charge in [0.1, 0.15) is 19.3 Å². The standard InChI is InChI=1S/C82H160O17P2/c1-9-73(6)59-51-43-35-29-23-18-16-14-12-13-15-17-19-24-32-38-48-56-64-82(87)99-78(69-93-80(85)63-55-47-41-40-45-53-61-75(8)11-3)71-97-101(90,91)95-67-76(83)66-94-100(88,89)96-70-77(68-92-79(84)62-54-46-37-31-27-26-30-36-44-52-60-74(7)10-2)98-81(86)65-57-49-39-33-25-21-20-22-28-34-42-50-58-72(4)5/h72-78,83H,9-71H2,1-8H3,(H,88,89)(H,90,91)/t73?,74?,75?,76-,77-,78-/m1/s1. The molecule has 0 aromatic heterocycles. The molecule has 19 heteroatoms. The number of phosphoric acid groups is 2. The lowest BCUT2D eigenvalue weighted by Gasteiger charge is -2.21. The van der Waals surface area contributed by atoms with Crippen LogP contribution in [0, 0.1) is 23.7 Å². The van der Waals surface area contributed by atoms with Gasteiger partial charge in [0.2, 0.25) is 0 Å². The third-order valence-electron chi connectivity index (χ3n) is 20.2. The molecule has 0 bridgehead atoms. The Bertz CT molecular complexity index is 1980. The molecule has 8 atom stereocenters. The van der Waals surface area contributed by atoms with E-state index >= 15 is 0 Å². The summed E-state index contributed by atoms with van der Waals surface area (Å²) in [7, 11) is -9.92. The second-order valence-corrected chi connectivity index (χ2v) is 33.6. The van der Waals surface area contributed by atoms with E-state index in [2.05, 4.69) is 55.4 Å². The predicted molar refractivity (Wildman–Crippen MR) is 414 cm³/mol. The second-order valence-electron chi connectivity index (χ2n) is 30.7. The lowest BCUT2D eigenvalue weighted by molar-refractivity contribution is -0.161. The Balaban J connectivity index is 5.21. The van der Waals surface area contributed by atoms with Crippen molar-refractivity contribution in [3.8, 4) is 0 Å². The van der Waals surface area contributed by atoms with Gasteiger partial charge in [0.15, 0.2) is 12.2 Å². The Morgan fingerprint density at radius 1 is 0.277 bits per heavy atom. The Hall–Kier alpha value is -1.94. The van der Waals surface area contributed by atoms with Gasteiger partial charge in [0, 0.05) is 25.7 Å². The molecule has 0 radical (unpaired) electrons. The number of unbranched alkanes of at least 4 members (excludes halogenated alkanes) is 42. The molecule has 0 aromatic rings. The summed E-state index contributed by atoms with van der Waals surface area (Å²) in [5, 5.41) is 10.6. The molecule has 0 saturated heterocycles. The number of hydrogen-bond acceptors (Lipinski definition) is 15. The number of hydrogen-bond donors (Lipinski definition) is 3. The Kier molecular flexibility index (Phi) is 69.6. The van der Waals surface area contributed by atoms with E-state index < -0.39 is 97.5 Å². The van der Waals surface area contributed by atoms with Crippen LogP contribution in [0.3, 0.4) is 0 Å². The van der Waals surface area contributed by atoms with Crippen molar-refractivity contribution >= 4 is 39.5 Å². The summed E-state index contributed by atoms with van der Waals surface area (Å²) >= 11 is 0. The Morgan fingerprint density at radius 3 is 0.703 bits per heavy atom. The van der Waals surface area contributed by atoms with Gasteiger partial charge in [-0.2, -0.15) is 0 Å². The van der Waals surface area contributed by atoms with Crippen LogP contribution in [0.4, 0.5) is 0 Å². The smallest absolute Gasteiger partial charge is 0.462 e. The van der Waals surface area contributed by atoms with Crippen molar-refractivity contribution in [2.75, 3.05) is 39.6 Å². The van der Waals surface area contributed by atoms with Crippen molar-refractivity contribution in [3.05, 3.63) is 0 Å². The van der Waals surface area contributed by atoms with Crippen LogP contribution in [0.25, 0.3) is 0 Å². The fourth-order valence-corrected chi connectivity index (χ4v) is 14.1. The molecule has 5 unspecified atom stereocenters. The molecule has 17 nitrogen and oxygen atoms in total. The first kappa shape index (κ1) is 99.1. The number of rotatable bonds is 79. The normalized spacial score (nSPS) is 14.8. The topological polar surface area (TPSA) is 237 Å². The van der Waals surface area contributed by atoms with E-state index in [9.17, 15) is 43.2 Å². The first-order valence-corrected chi connectivity index (χ1v) is 45.3. The van der Waals surface area contributed by atoms with Crippen molar-refractivity contribution in [2.45, 2.75) is 440 Å². The molecule has 0 rings (SSSR count). The summed E-state index contributed by atoms with van der Waals surface area (Å²) in [6.07, 6.45) is 58.2. The minimum Gasteiger partial charge on any atom is -0.462 e. The second kappa shape index (κ2) is 71.0. The van der Waals surface area contributed by atoms with Gasteiger partial charge in [-0.1, -0.05) is 370 Å². The van der Waals surface area contributed by atoms with Crippen molar-refractivity contribution in [2.24, 2.45) is 23.7 Å². The first-order chi connectivity index (χ1) is 48.7. The van der Waals surface area contributed by atoms with E-state index in [1.165, 1.54) is 218 Å². The summed E-state index contributed by atoms with van der Waals surface area (Å²) in [6, 6.07) is 0. The fourth-order valence-electron chi connectivity index (χ4n) is 12.5. The number of carbonyl (C=O) groups excluding carboxylic acids is 4. The van der Waals surface area contributed by atoms with E-state index in [4.69, 9.17) is 37.0 Å². The number of aliphatic hydroxyl groups is 1. The van der Waals surface area contributed by atoms with E-state index in [0.29, 0.717) is 25.7 Å². The molecular weight excluding hydrogens is 1320 g/mol. The lowest BCUT2D eigenvalue weighted by atomic mass is 9.99. The van der Waals surface area contributed by atoms with Crippen LogP contribution in [0.15, 0.2) is 0 Å². The highest BCUT2D eigenvalue weighted by atomic mass is 31.2. The van der Waals surface area contributed by atoms with Crippen LogP contribution in [0.2, 0.25) is 0 Å². The third kappa shape index (κ3) is 72.1. The molecule has 0 aliphatic carbocycles. The highest BCUT2D eigenvalue weighted by Gasteiger charge is 2.30. The molecule has 0 aromatic carbocycles. The molecule has 600 valence electrons. The van der Waals surface area contributed by atoms with Gasteiger partial charge in [0.25, 0.3) is 0 Å². The van der Waals surface area contributed by atoms with Crippen molar-refractivity contribution in [1.82, 2.24) is 0 Å². The maximum atomic E-state index is 13.1. The van der Waals surface area contributed by atoms with Gasteiger partial charge < -0.3 is 33.8 Å². The number of esters is 4. The molecule has 0 amide bonds. The highest BCUT2D eigenvalue weighted by molar-refractivity contribution is 7.47. The minimum atomic E-state index is -4.96.